The number of anilines is 1. The third-order valence-corrected chi connectivity index (χ3v) is 7.66. The molecule has 0 N–H and O–H groups in total. The lowest BCUT2D eigenvalue weighted by Gasteiger charge is -2.34. The van der Waals surface area contributed by atoms with Crippen molar-refractivity contribution < 1.29 is 18.3 Å². The number of hydrogen-bond acceptors (Lipinski definition) is 10. The van der Waals surface area contributed by atoms with Crippen LogP contribution in [0.15, 0.2) is 35.5 Å². The molecule has 3 aromatic rings. The lowest BCUT2D eigenvalue weighted by Crippen LogP contribution is -2.49. The predicted molar refractivity (Wildman–Crippen MR) is 124 cm³/mol. The second-order valence-corrected chi connectivity index (χ2v) is 10.0. The molecule has 0 saturated carbocycles. The van der Waals surface area contributed by atoms with Crippen LogP contribution in [0.4, 0.5) is 17.2 Å². The van der Waals surface area contributed by atoms with E-state index in [0.717, 1.165) is 27.8 Å². The second-order valence-electron chi connectivity index (χ2n) is 8.07. The van der Waals surface area contributed by atoms with Crippen molar-refractivity contribution in [3.8, 4) is 5.82 Å². The van der Waals surface area contributed by atoms with Gasteiger partial charge in [-0.05, 0) is 26.8 Å². The first-order valence-electron chi connectivity index (χ1n) is 10.5. The molecule has 1 aromatic carbocycles. The van der Waals surface area contributed by atoms with E-state index in [2.05, 4.69) is 15.1 Å². The molecule has 0 amide bonds. The fourth-order valence-electron chi connectivity index (χ4n) is 3.98. The highest BCUT2D eigenvalue weighted by molar-refractivity contribution is 7.89. The number of nitrogens with zero attached hydrogens (tertiary/aromatic N) is 8. The summed E-state index contributed by atoms with van der Waals surface area (Å²) in [5, 5.41) is 27.1. The molecule has 35 heavy (non-hydrogen) atoms. The Labute approximate surface area is 200 Å². The van der Waals surface area contributed by atoms with Crippen LogP contribution >= 0.6 is 0 Å². The standard InChI is InChI=1S/C20H22N8O6S/c1-13-8-14(2)26(23-13)20-11-19(21-12-22-20)24-4-6-25(7-5-24)35(33,34)16-9-17(27(29)30)15(3)18(10-16)28(31)32/h8-12H,4-7H2,1-3H3. The number of aryl methyl sites for hydroxylation is 2. The quantitative estimate of drug-likeness (QED) is 0.358. The summed E-state index contributed by atoms with van der Waals surface area (Å²) in [4.78, 5) is 31.0. The molecule has 14 nitrogen and oxygen atoms in total. The van der Waals surface area contributed by atoms with Gasteiger partial charge in [0.2, 0.25) is 10.0 Å². The van der Waals surface area contributed by atoms with Crippen LogP contribution in [0.3, 0.4) is 0 Å². The van der Waals surface area contributed by atoms with Crippen LogP contribution in [-0.2, 0) is 10.0 Å². The van der Waals surface area contributed by atoms with Crippen LogP contribution in [0.25, 0.3) is 5.82 Å². The largest absolute Gasteiger partial charge is 0.354 e. The van der Waals surface area contributed by atoms with Crippen LogP contribution in [0.2, 0.25) is 0 Å². The molecule has 0 radical (unpaired) electrons. The van der Waals surface area contributed by atoms with Crippen LogP contribution in [0, 0.1) is 41.0 Å². The van der Waals surface area contributed by atoms with Crippen molar-refractivity contribution in [3.63, 3.8) is 0 Å². The van der Waals surface area contributed by atoms with E-state index in [4.69, 9.17) is 0 Å². The van der Waals surface area contributed by atoms with Gasteiger partial charge >= 0.3 is 0 Å². The van der Waals surface area contributed by atoms with Crippen LogP contribution in [0.1, 0.15) is 17.0 Å². The molecule has 4 rings (SSSR count). The normalized spacial score (nSPS) is 14.8. The average molecular weight is 503 g/mol. The summed E-state index contributed by atoms with van der Waals surface area (Å²) in [5.74, 6) is 1.18. The van der Waals surface area contributed by atoms with Gasteiger partial charge < -0.3 is 4.90 Å². The van der Waals surface area contributed by atoms with E-state index < -0.39 is 36.1 Å². The second kappa shape index (κ2) is 8.99. The maximum absolute atomic E-state index is 13.2. The van der Waals surface area contributed by atoms with Gasteiger partial charge in [-0.2, -0.15) is 9.40 Å². The van der Waals surface area contributed by atoms with Gasteiger partial charge in [-0.1, -0.05) is 0 Å². The Morgan fingerprint density at radius 3 is 1.94 bits per heavy atom. The maximum Gasteiger partial charge on any atom is 0.280 e. The summed E-state index contributed by atoms with van der Waals surface area (Å²) in [7, 11) is -4.20. The first-order chi connectivity index (χ1) is 16.5. The molecule has 0 unspecified atom stereocenters. The molecule has 0 aliphatic carbocycles. The average Bonchev–Trinajstić information content (AvgIpc) is 3.16. The van der Waals surface area contributed by atoms with Crippen molar-refractivity contribution in [1.29, 1.82) is 0 Å². The van der Waals surface area contributed by atoms with Crippen LogP contribution in [0.5, 0.6) is 0 Å². The zero-order chi connectivity index (χ0) is 25.5. The molecule has 1 aliphatic heterocycles. The van der Waals surface area contributed by atoms with Crippen molar-refractivity contribution in [2.75, 3.05) is 31.1 Å². The van der Waals surface area contributed by atoms with E-state index in [0.29, 0.717) is 24.7 Å². The van der Waals surface area contributed by atoms with Gasteiger partial charge in [0.1, 0.15) is 17.7 Å². The fraction of sp³-hybridized carbons (Fsp3) is 0.350. The molecule has 0 bridgehead atoms. The summed E-state index contributed by atoms with van der Waals surface area (Å²) in [6.07, 6.45) is 1.41. The molecular weight excluding hydrogens is 480 g/mol. The molecule has 15 heteroatoms. The number of piperazine rings is 1. The first kappa shape index (κ1) is 24.2. The van der Waals surface area contributed by atoms with Gasteiger partial charge in [0.15, 0.2) is 5.82 Å². The van der Waals surface area contributed by atoms with Crippen LogP contribution in [-0.4, -0.2) is 68.5 Å². The molecule has 0 atom stereocenters. The minimum Gasteiger partial charge on any atom is -0.354 e. The summed E-state index contributed by atoms with van der Waals surface area (Å²) in [6.45, 7) is 5.72. The summed E-state index contributed by atoms with van der Waals surface area (Å²) in [5.41, 5.74) is 0.316. The Morgan fingerprint density at radius 2 is 1.43 bits per heavy atom. The van der Waals surface area contributed by atoms with Crippen molar-refractivity contribution in [1.82, 2.24) is 24.1 Å². The smallest absolute Gasteiger partial charge is 0.280 e. The molecular formula is C20H22N8O6S. The lowest BCUT2D eigenvalue weighted by atomic mass is 10.1. The van der Waals surface area contributed by atoms with E-state index in [1.54, 1.807) is 10.7 Å². The zero-order valence-electron chi connectivity index (χ0n) is 19.2. The number of aromatic nitrogens is 4. The van der Waals surface area contributed by atoms with Crippen molar-refractivity contribution in [2.24, 2.45) is 0 Å². The Morgan fingerprint density at radius 1 is 0.857 bits per heavy atom. The Bertz CT molecular complexity index is 1390. The monoisotopic (exact) mass is 502 g/mol. The third-order valence-electron chi connectivity index (χ3n) is 5.78. The van der Waals surface area contributed by atoms with E-state index in [1.165, 1.54) is 13.3 Å². The zero-order valence-corrected chi connectivity index (χ0v) is 20.0. The van der Waals surface area contributed by atoms with Gasteiger partial charge in [-0.25, -0.2) is 23.1 Å². The lowest BCUT2D eigenvalue weighted by molar-refractivity contribution is -0.395. The SMILES string of the molecule is Cc1cc(C)n(-c2cc(N3CCN(S(=O)(=O)c4cc([N+](=O)[O-])c(C)c([N+](=O)[O-])c4)CC3)ncn2)n1. The Kier molecular flexibility index (Phi) is 6.21. The minimum atomic E-state index is -4.20. The van der Waals surface area contributed by atoms with E-state index in [-0.39, 0.29) is 18.7 Å². The highest BCUT2D eigenvalue weighted by Crippen LogP contribution is 2.33. The number of sulfonamides is 1. The van der Waals surface area contributed by atoms with E-state index >= 15 is 0 Å². The van der Waals surface area contributed by atoms with Gasteiger partial charge in [-0.3, -0.25) is 20.2 Å². The summed E-state index contributed by atoms with van der Waals surface area (Å²) < 4.78 is 29.2. The summed E-state index contributed by atoms with van der Waals surface area (Å²) in [6, 6.07) is 5.42. The van der Waals surface area contributed by atoms with Gasteiger partial charge in [0.05, 0.1) is 20.4 Å². The van der Waals surface area contributed by atoms with Gasteiger partial charge in [0.25, 0.3) is 11.4 Å². The number of hydrogen-bond donors (Lipinski definition) is 0. The predicted octanol–water partition coefficient (Wildman–Crippen LogP) is 1.91. The number of nitro benzene ring substituents is 2. The Balaban J connectivity index is 1.56. The number of rotatable bonds is 6. The molecule has 1 fully saturated rings. The molecule has 1 saturated heterocycles. The van der Waals surface area contributed by atoms with Crippen molar-refractivity contribution >= 4 is 27.2 Å². The first-order valence-corrected chi connectivity index (χ1v) is 12.0. The number of nitro groups is 2. The topological polar surface area (TPSA) is 170 Å². The minimum absolute atomic E-state index is 0.0665. The fourth-order valence-corrected chi connectivity index (χ4v) is 5.44. The maximum atomic E-state index is 13.2. The van der Waals surface area contributed by atoms with Gasteiger partial charge in [0, 0.05) is 50.1 Å². The highest BCUT2D eigenvalue weighted by Gasteiger charge is 2.33. The molecule has 3 heterocycles. The molecule has 0 spiro atoms. The third kappa shape index (κ3) is 4.54. The molecule has 2 aromatic heterocycles. The molecule has 184 valence electrons. The van der Waals surface area contributed by atoms with E-state index in [9.17, 15) is 28.6 Å². The van der Waals surface area contributed by atoms with E-state index in [1.807, 2.05) is 24.8 Å². The highest BCUT2D eigenvalue weighted by atomic mass is 32.2. The summed E-state index contributed by atoms with van der Waals surface area (Å²) >= 11 is 0. The number of benzene rings is 1. The van der Waals surface area contributed by atoms with Crippen molar-refractivity contribution in [3.05, 3.63) is 67.8 Å². The van der Waals surface area contributed by atoms with Crippen LogP contribution < -0.4 is 4.90 Å². The Hall–Kier alpha value is -3.98. The molecule has 1 aliphatic rings. The van der Waals surface area contributed by atoms with Gasteiger partial charge in [-0.15, -0.1) is 0 Å². The van der Waals surface area contributed by atoms with Crippen molar-refractivity contribution in [2.45, 2.75) is 25.7 Å².